The predicted molar refractivity (Wildman–Crippen MR) is 61.5 cm³/mol. The van der Waals surface area contributed by atoms with E-state index in [0.29, 0.717) is 6.61 Å². The molecule has 2 nitrogen and oxygen atoms in total. The van der Waals surface area contributed by atoms with E-state index in [2.05, 4.69) is 12.2 Å². The molecule has 0 spiro atoms. The molecule has 1 radical (unpaired) electrons. The van der Waals surface area contributed by atoms with Gasteiger partial charge in [-0.3, -0.25) is 0 Å². The Morgan fingerprint density at radius 1 is 1.50 bits per heavy atom. The fraction of sp³-hybridized carbons (Fsp3) is 1.00. The van der Waals surface area contributed by atoms with Gasteiger partial charge in [0, 0.05) is 29.6 Å². The number of hydrogen-bond donors (Lipinski definition) is 1. The zero-order valence-electron chi connectivity index (χ0n) is 8.11. The Morgan fingerprint density at radius 3 is 2.33 bits per heavy atom. The maximum absolute atomic E-state index is 5.40. The molecule has 0 bridgehead atoms. The van der Waals surface area contributed by atoms with Gasteiger partial charge in [0.2, 0.25) is 5.69 Å². The molecule has 0 saturated heterocycles. The minimum atomic E-state index is -2.24. The molecular weight excluding hydrogens is 222 g/mol. The van der Waals surface area contributed by atoms with Crippen molar-refractivity contribution in [2.75, 3.05) is 6.61 Å². The van der Waals surface area contributed by atoms with Gasteiger partial charge in [0.1, 0.15) is 0 Å². The zero-order chi connectivity index (χ0) is 8.91. The van der Waals surface area contributed by atoms with E-state index >= 15 is 0 Å². The van der Waals surface area contributed by atoms with Crippen molar-refractivity contribution in [3.8, 4) is 0 Å². The number of thiol groups is 1. The van der Waals surface area contributed by atoms with Crippen LogP contribution in [0.5, 0.6) is 0 Å². The largest absolute Gasteiger partial charge is 0.322 e. The monoisotopic (exact) mass is 237 g/mol. The molecule has 0 amide bonds. The van der Waals surface area contributed by atoms with Crippen LogP contribution in [-0.2, 0) is 20.9 Å². The molecule has 0 aliphatic heterocycles. The van der Waals surface area contributed by atoms with E-state index in [-0.39, 0.29) is 35.7 Å². The van der Waals surface area contributed by atoms with E-state index < -0.39 is 5.69 Å². The third-order valence-corrected chi connectivity index (χ3v) is 3.59. The fourth-order valence-corrected chi connectivity index (χ4v) is 3.07. The van der Waals surface area contributed by atoms with Gasteiger partial charge in [0.15, 0.2) is 0 Å². The summed E-state index contributed by atoms with van der Waals surface area (Å²) in [6, 6.07) is 0. The Balaban J connectivity index is 0. The van der Waals surface area contributed by atoms with E-state index in [0.717, 1.165) is 6.42 Å². The molecule has 0 rings (SSSR count). The standard InChI is InChI=1S/C6H15O2PS2.Na/c1-4-6(3)8-9(10,11)7-5-2;/h6H,4-5H2,1-3H3,(H,10,11);. The predicted octanol–water partition coefficient (Wildman–Crippen LogP) is 2.61. The normalized spacial score (nSPS) is 17.7. The fourth-order valence-electron chi connectivity index (χ4n) is 0.496. The van der Waals surface area contributed by atoms with Crippen molar-refractivity contribution in [2.45, 2.75) is 33.3 Å². The SMILES string of the molecule is CCOP(=S)(S)OC(C)CC.[Na]. The third kappa shape index (κ3) is 8.52. The smallest absolute Gasteiger partial charge is 0.244 e. The summed E-state index contributed by atoms with van der Waals surface area (Å²) in [7, 11) is 0. The van der Waals surface area contributed by atoms with Crippen LogP contribution in [0.15, 0.2) is 0 Å². The van der Waals surface area contributed by atoms with E-state index in [1.807, 2.05) is 20.8 Å². The molecule has 0 aromatic heterocycles. The molecule has 0 N–H and O–H groups in total. The second-order valence-electron chi connectivity index (χ2n) is 2.21. The van der Waals surface area contributed by atoms with Crippen molar-refractivity contribution in [3.63, 3.8) is 0 Å². The molecule has 2 unspecified atom stereocenters. The van der Waals surface area contributed by atoms with Crippen molar-refractivity contribution in [3.05, 3.63) is 0 Å². The Morgan fingerprint density at radius 2 is 2.00 bits per heavy atom. The summed E-state index contributed by atoms with van der Waals surface area (Å²) >= 11 is 9.16. The average molecular weight is 237 g/mol. The van der Waals surface area contributed by atoms with Crippen LogP contribution >= 0.6 is 17.9 Å². The maximum atomic E-state index is 5.40. The molecule has 0 saturated carbocycles. The van der Waals surface area contributed by atoms with E-state index in [1.165, 1.54) is 0 Å². The molecular formula is C6H15NaO2PS2. The van der Waals surface area contributed by atoms with Gasteiger partial charge in [-0.1, -0.05) is 19.2 Å². The molecule has 0 aromatic rings. The average Bonchev–Trinajstić information content (AvgIpc) is 1.86. The molecule has 0 aromatic carbocycles. The first kappa shape index (κ1) is 16.4. The van der Waals surface area contributed by atoms with Crippen LogP contribution in [0.1, 0.15) is 27.2 Å². The van der Waals surface area contributed by atoms with Crippen molar-refractivity contribution < 1.29 is 9.05 Å². The van der Waals surface area contributed by atoms with Crippen LogP contribution in [-0.4, -0.2) is 42.3 Å². The van der Waals surface area contributed by atoms with E-state index in [1.54, 1.807) is 0 Å². The zero-order valence-corrected chi connectivity index (χ0v) is 12.7. The first-order valence-electron chi connectivity index (χ1n) is 3.67. The molecule has 12 heavy (non-hydrogen) atoms. The molecule has 2 atom stereocenters. The van der Waals surface area contributed by atoms with Crippen LogP contribution < -0.4 is 0 Å². The summed E-state index contributed by atoms with van der Waals surface area (Å²) in [6.45, 7) is 6.46. The van der Waals surface area contributed by atoms with Gasteiger partial charge in [-0.25, -0.2) is 0 Å². The van der Waals surface area contributed by atoms with Gasteiger partial charge >= 0.3 is 0 Å². The van der Waals surface area contributed by atoms with Gasteiger partial charge in [0.25, 0.3) is 0 Å². The summed E-state index contributed by atoms with van der Waals surface area (Å²) in [4.78, 5) is 0. The van der Waals surface area contributed by atoms with Gasteiger partial charge in [-0.2, -0.15) is 0 Å². The summed E-state index contributed by atoms with van der Waals surface area (Å²) < 4.78 is 10.6. The minimum Gasteiger partial charge on any atom is -0.322 e. The third-order valence-electron chi connectivity index (χ3n) is 1.18. The summed E-state index contributed by atoms with van der Waals surface area (Å²) in [5, 5.41) is 0. The molecule has 6 heteroatoms. The molecule has 0 aliphatic carbocycles. The Labute approximate surface area is 107 Å². The Kier molecular flexibility index (Phi) is 11.2. The summed E-state index contributed by atoms with van der Waals surface area (Å²) in [6.07, 6.45) is 1.08. The number of rotatable bonds is 5. The Hall–Kier alpha value is 1.92. The van der Waals surface area contributed by atoms with Gasteiger partial charge < -0.3 is 9.05 Å². The molecule has 0 fully saturated rings. The molecule has 69 valence electrons. The second-order valence-corrected chi connectivity index (χ2v) is 7.45. The maximum Gasteiger partial charge on any atom is 0.244 e. The molecule has 0 aliphatic rings. The van der Waals surface area contributed by atoms with Gasteiger partial charge in [0.05, 0.1) is 12.7 Å². The van der Waals surface area contributed by atoms with Crippen LogP contribution in [0, 0.1) is 0 Å². The first-order chi connectivity index (χ1) is 5.02. The Bertz CT molecular complexity index is 156. The van der Waals surface area contributed by atoms with Crippen LogP contribution in [0.4, 0.5) is 0 Å². The van der Waals surface area contributed by atoms with Crippen molar-refractivity contribution >= 4 is 59.3 Å². The van der Waals surface area contributed by atoms with Crippen LogP contribution in [0.25, 0.3) is 0 Å². The van der Waals surface area contributed by atoms with Gasteiger partial charge in [-0.05, 0) is 32.1 Å². The quantitative estimate of drug-likeness (QED) is 0.450. The second kappa shape index (κ2) is 8.25. The summed E-state index contributed by atoms with van der Waals surface area (Å²) in [5.74, 6) is 0. The topological polar surface area (TPSA) is 18.5 Å². The first-order valence-corrected chi connectivity index (χ1v) is 7.46. The van der Waals surface area contributed by atoms with Crippen molar-refractivity contribution in [2.24, 2.45) is 0 Å². The minimum absolute atomic E-state index is 0. The van der Waals surface area contributed by atoms with E-state index in [4.69, 9.17) is 20.9 Å². The van der Waals surface area contributed by atoms with Gasteiger partial charge in [-0.15, -0.1) is 0 Å². The molecule has 0 heterocycles. The van der Waals surface area contributed by atoms with Crippen LogP contribution in [0.3, 0.4) is 0 Å². The number of hydrogen-bond acceptors (Lipinski definition) is 3. The van der Waals surface area contributed by atoms with Crippen LogP contribution in [0.2, 0.25) is 0 Å². The van der Waals surface area contributed by atoms with Crippen molar-refractivity contribution in [1.82, 2.24) is 0 Å². The summed E-state index contributed by atoms with van der Waals surface area (Å²) in [5.41, 5.74) is -2.24. The van der Waals surface area contributed by atoms with Crippen molar-refractivity contribution in [1.29, 1.82) is 0 Å². The van der Waals surface area contributed by atoms with E-state index in [9.17, 15) is 0 Å².